The van der Waals surface area contributed by atoms with Crippen LogP contribution in [0.3, 0.4) is 0 Å². The van der Waals surface area contributed by atoms with Crippen molar-refractivity contribution in [1.29, 1.82) is 0 Å². The van der Waals surface area contributed by atoms with Gasteiger partial charge in [-0.25, -0.2) is 9.18 Å². The van der Waals surface area contributed by atoms with E-state index >= 15 is 4.39 Å². The Balaban J connectivity index is 1.62. The first-order chi connectivity index (χ1) is 18.7. The summed E-state index contributed by atoms with van der Waals surface area (Å²) in [6.07, 6.45) is 2.19. The summed E-state index contributed by atoms with van der Waals surface area (Å²) in [7, 11) is -1.26. The van der Waals surface area contributed by atoms with Crippen LogP contribution in [0.25, 0.3) is 11.0 Å². The number of halogens is 2. The summed E-state index contributed by atoms with van der Waals surface area (Å²) in [5.41, 5.74) is 0.467. The molecule has 3 aromatic heterocycles. The molecule has 220 valence electrons. The predicted molar refractivity (Wildman–Crippen MR) is 155 cm³/mol. The standard InChI is InChI=1S/C26H39ClFN7O4Si/c1-8-35-12-17(11-29-35)30-24-31-22-21(18(27)13-34(22)16-37-9-10-40(5,6)7)23(32-24)38-20-15-33(14-19(20)28)25(36)39-26(2,3)4/h11-13,19-20H,8-10,14-16H2,1-7H3,(H,30,31,32)/t19-,20+/m1/s1. The Kier molecular flexibility index (Phi) is 8.95. The molecule has 0 aromatic carbocycles. The van der Waals surface area contributed by atoms with Gasteiger partial charge in [-0.15, -0.1) is 0 Å². The minimum atomic E-state index is -1.44. The highest BCUT2D eigenvalue weighted by molar-refractivity contribution is 6.76. The van der Waals surface area contributed by atoms with E-state index in [9.17, 15) is 4.79 Å². The van der Waals surface area contributed by atoms with E-state index in [1.165, 1.54) is 4.90 Å². The molecule has 0 spiro atoms. The summed E-state index contributed by atoms with van der Waals surface area (Å²) in [4.78, 5) is 23.1. The second-order valence-electron chi connectivity index (χ2n) is 12.1. The molecule has 1 saturated heterocycles. The predicted octanol–water partition coefficient (Wildman–Crippen LogP) is 5.69. The van der Waals surface area contributed by atoms with Gasteiger partial charge >= 0.3 is 6.09 Å². The Labute approximate surface area is 239 Å². The molecule has 0 unspecified atom stereocenters. The number of nitrogens with zero attached hydrogens (tertiary/aromatic N) is 6. The fourth-order valence-corrected chi connectivity index (χ4v) is 5.12. The lowest BCUT2D eigenvalue weighted by molar-refractivity contribution is 0.0273. The molecule has 0 saturated carbocycles. The molecule has 1 aliphatic rings. The molecule has 1 amide bonds. The summed E-state index contributed by atoms with van der Waals surface area (Å²) in [6, 6.07) is 1.02. The second kappa shape index (κ2) is 11.9. The van der Waals surface area contributed by atoms with Crippen LogP contribution in [0.5, 0.6) is 5.88 Å². The average molecular weight is 596 g/mol. The molecular weight excluding hydrogens is 557 g/mol. The molecule has 11 nitrogen and oxygen atoms in total. The van der Waals surface area contributed by atoms with Crippen LogP contribution >= 0.6 is 11.6 Å². The van der Waals surface area contributed by atoms with E-state index < -0.39 is 32.0 Å². The minimum Gasteiger partial charge on any atom is -0.469 e. The second-order valence-corrected chi connectivity index (χ2v) is 18.1. The maximum absolute atomic E-state index is 15.1. The Morgan fingerprint density at radius 3 is 2.62 bits per heavy atom. The van der Waals surface area contributed by atoms with Crippen molar-refractivity contribution in [1.82, 2.24) is 29.2 Å². The first kappa shape index (κ1) is 30.1. The van der Waals surface area contributed by atoms with Gasteiger partial charge in [-0.3, -0.25) is 4.68 Å². The molecule has 4 heterocycles. The molecule has 0 aliphatic carbocycles. The van der Waals surface area contributed by atoms with E-state index in [0.717, 1.165) is 6.04 Å². The maximum Gasteiger partial charge on any atom is 0.410 e. The van der Waals surface area contributed by atoms with Crippen molar-refractivity contribution in [2.24, 2.45) is 0 Å². The number of carbonyl (C=O) groups excluding carboxylic acids is 1. The number of aryl methyl sites for hydroxylation is 1. The Hall–Kier alpha value is -2.90. The summed E-state index contributed by atoms with van der Waals surface area (Å²) in [6.45, 7) is 15.6. The zero-order valence-electron chi connectivity index (χ0n) is 24.2. The third-order valence-corrected chi connectivity index (χ3v) is 8.18. The van der Waals surface area contributed by atoms with Crippen molar-refractivity contribution < 1.29 is 23.4 Å². The van der Waals surface area contributed by atoms with Gasteiger partial charge in [0.05, 0.1) is 35.4 Å². The number of ether oxygens (including phenoxy) is 3. The zero-order valence-corrected chi connectivity index (χ0v) is 26.0. The molecule has 1 N–H and O–H groups in total. The van der Waals surface area contributed by atoms with Crippen LogP contribution in [0, 0.1) is 0 Å². The number of aromatic nitrogens is 5. The first-order valence-corrected chi connectivity index (χ1v) is 17.5. The van der Waals surface area contributed by atoms with Gasteiger partial charge in [-0.05, 0) is 33.7 Å². The number of nitrogens with one attached hydrogen (secondary N) is 1. The van der Waals surface area contributed by atoms with Gasteiger partial charge in [0.1, 0.15) is 12.3 Å². The number of hydrogen-bond donors (Lipinski definition) is 1. The fourth-order valence-electron chi connectivity index (χ4n) is 4.08. The number of rotatable bonds is 10. The maximum atomic E-state index is 15.1. The molecule has 0 radical (unpaired) electrons. The van der Waals surface area contributed by atoms with Crippen LogP contribution in [0.1, 0.15) is 27.7 Å². The highest BCUT2D eigenvalue weighted by Gasteiger charge is 2.39. The van der Waals surface area contributed by atoms with E-state index in [1.54, 1.807) is 42.4 Å². The Morgan fingerprint density at radius 1 is 1.23 bits per heavy atom. The number of fused-ring (bicyclic) bond motifs is 1. The number of carbonyl (C=O) groups is 1. The SMILES string of the molecule is CCn1cc(Nc2nc(O[C@H]3CN(C(=O)OC(C)(C)C)C[C@H]3F)c3c(Cl)cn(COCC[Si](C)(C)C)c3n2)cn1. The highest BCUT2D eigenvalue weighted by atomic mass is 35.5. The summed E-state index contributed by atoms with van der Waals surface area (Å²) < 4.78 is 36.1. The first-order valence-electron chi connectivity index (χ1n) is 13.4. The lowest BCUT2D eigenvalue weighted by Gasteiger charge is -2.24. The average Bonchev–Trinajstić information content (AvgIpc) is 3.53. The smallest absolute Gasteiger partial charge is 0.410 e. The Bertz CT molecular complexity index is 1340. The molecule has 1 fully saturated rings. The van der Waals surface area contributed by atoms with Crippen molar-refractivity contribution in [3.8, 4) is 5.88 Å². The third-order valence-electron chi connectivity index (χ3n) is 6.19. The molecule has 14 heteroatoms. The monoisotopic (exact) mass is 595 g/mol. The number of likely N-dealkylation sites (tertiary alicyclic amines) is 1. The van der Waals surface area contributed by atoms with Gasteiger partial charge < -0.3 is 29.0 Å². The van der Waals surface area contributed by atoms with Gasteiger partial charge in [-0.2, -0.15) is 15.1 Å². The van der Waals surface area contributed by atoms with Crippen LogP contribution in [-0.2, 0) is 22.7 Å². The zero-order chi connectivity index (χ0) is 29.2. The van der Waals surface area contributed by atoms with Gasteiger partial charge in [0.15, 0.2) is 17.9 Å². The third kappa shape index (κ3) is 7.64. The van der Waals surface area contributed by atoms with Crippen LogP contribution in [-0.4, -0.2) is 81.0 Å². The van der Waals surface area contributed by atoms with E-state index in [1.807, 2.05) is 13.1 Å². The molecule has 0 bridgehead atoms. The van der Waals surface area contributed by atoms with Crippen LogP contribution < -0.4 is 10.1 Å². The molecular formula is C26H39ClFN7O4Si. The highest BCUT2D eigenvalue weighted by Crippen LogP contribution is 2.35. The topological polar surface area (TPSA) is 109 Å². The van der Waals surface area contributed by atoms with E-state index in [0.29, 0.717) is 34.9 Å². The van der Waals surface area contributed by atoms with Crippen molar-refractivity contribution in [3.63, 3.8) is 0 Å². The molecule has 40 heavy (non-hydrogen) atoms. The fraction of sp³-hybridized carbons (Fsp3) is 0.615. The van der Waals surface area contributed by atoms with Gasteiger partial charge in [0, 0.05) is 33.6 Å². The van der Waals surface area contributed by atoms with E-state index in [4.69, 9.17) is 25.8 Å². The van der Waals surface area contributed by atoms with Gasteiger partial charge in [0.25, 0.3) is 0 Å². The van der Waals surface area contributed by atoms with Crippen molar-refractivity contribution in [2.75, 3.05) is 25.0 Å². The van der Waals surface area contributed by atoms with Crippen molar-refractivity contribution in [2.45, 2.75) is 84.5 Å². The van der Waals surface area contributed by atoms with Gasteiger partial charge in [-0.1, -0.05) is 31.2 Å². The Morgan fingerprint density at radius 2 is 1.98 bits per heavy atom. The number of anilines is 2. The lowest BCUT2D eigenvalue weighted by atomic mass is 10.2. The number of amides is 1. The van der Waals surface area contributed by atoms with E-state index in [-0.39, 0.29) is 31.6 Å². The number of alkyl halides is 1. The lowest BCUT2D eigenvalue weighted by Crippen LogP contribution is -2.36. The van der Waals surface area contributed by atoms with Gasteiger partial charge in [0.2, 0.25) is 11.8 Å². The normalized spacial score (nSPS) is 18.0. The van der Waals surface area contributed by atoms with E-state index in [2.05, 4.69) is 40.0 Å². The summed E-state index contributed by atoms with van der Waals surface area (Å²) >= 11 is 6.63. The van der Waals surface area contributed by atoms with Crippen LogP contribution in [0.15, 0.2) is 18.6 Å². The van der Waals surface area contributed by atoms with Crippen molar-refractivity contribution >= 4 is 48.4 Å². The van der Waals surface area contributed by atoms with Crippen LogP contribution in [0.4, 0.5) is 20.8 Å². The summed E-state index contributed by atoms with van der Waals surface area (Å²) in [5, 5.41) is 8.21. The molecule has 2 atom stereocenters. The molecule has 3 aromatic rings. The quantitative estimate of drug-likeness (QED) is 0.235. The molecule has 1 aliphatic heterocycles. The minimum absolute atomic E-state index is 0.00569. The number of hydrogen-bond acceptors (Lipinski definition) is 8. The summed E-state index contributed by atoms with van der Waals surface area (Å²) in [5.74, 6) is 0.341. The largest absolute Gasteiger partial charge is 0.469 e. The van der Waals surface area contributed by atoms with Crippen molar-refractivity contribution in [3.05, 3.63) is 23.6 Å². The van der Waals surface area contributed by atoms with Crippen LogP contribution in [0.2, 0.25) is 30.7 Å². The molecule has 4 rings (SSSR count).